The van der Waals surface area contributed by atoms with Gasteiger partial charge in [-0.3, -0.25) is 20.2 Å². The van der Waals surface area contributed by atoms with Crippen molar-refractivity contribution in [3.8, 4) is 0 Å². The number of hydrogen-bond donors (Lipinski definition) is 0. The molecule has 1 heterocycles. The summed E-state index contributed by atoms with van der Waals surface area (Å²) in [4.78, 5) is 16.8. The highest BCUT2D eigenvalue weighted by Gasteiger charge is 2.58. The fourth-order valence-electron chi connectivity index (χ4n) is 0.657. The van der Waals surface area contributed by atoms with Crippen LogP contribution in [0, 0.1) is 20.2 Å². The standard InChI is InChI=1S/C5H7FN2O6/c6-5(7(9)10,8(11)12)3-13-1-4-2-14-4/h4H,1-3H2. The molecule has 80 valence electrons. The lowest BCUT2D eigenvalue weighted by atomic mass is 10.5. The van der Waals surface area contributed by atoms with Crippen LogP contribution in [0.25, 0.3) is 0 Å². The van der Waals surface area contributed by atoms with Gasteiger partial charge in [-0.05, 0) is 0 Å². The lowest BCUT2D eigenvalue weighted by Crippen LogP contribution is -2.46. The summed E-state index contributed by atoms with van der Waals surface area (Å²) < 4.78 is 22.1. The molecule has 1 aliphatic heterocycles. The van der Waals surface area contributed by atoms with Crippen molar-refractivity contribution in [2.24, 2.45) is 0 Å². The molecule has 0 aliphatic carbocycles. The summed E-state index contributed by atoms with van der Waals surface area (Å²) in [6.45, 7) is -0.865. The number of nitro groups is 2. The maximum absolute atomic E-state index is 12.9. The summed E-state index contributed by atoms with van der Waals surface area (Å²) in [5, 5.41) is 20.1. The van der Waals surface area contributed by atoms with Crippen LogP contribution in [0.3, 0.4) is 0 Å². The van der Waals surface area contributed by atoms with Crippen LogP contribution in [0.5, 0.6) is 0 Å². The lowest BCUT2D eigenvalue weighted by Gasteiger charge is -2.07. The van der Waals surface area contributed by atoms with Gasteiger partial charge in [-0.25, -0.2) is 0 Å². The average molecular weight is 210 g/mol. The van der Waals surface area contributed by atoms with E-state index in [1.807, 2.05) is 0 Å². The van der Waals surface area contributed by atoms with E-state index in [2.05, 4.69) is 9.47 Å². The lowest BCUT2D eigenvalue weighted by molar-refractivity contribution is -0.833. The smallest absolute Gasteiger partial charge is 0.371 e. The molecule has 14 heavy (non-hydrogen) atoms. The van der Waals surface area contributed by atoms with E-state index in [9.17, 15) is 24.6 Å². The van der Waals surface area contributed by atoms with Crippen molar-refractivity contribution in [2.45, 2.75) is 12.0 Å². The van der Waals surface area contributed by atoms with Crippen molar-refractivity contribution in [1.29, 1.82) is 0 Å². The van der Waals surface area contributed by atoms with Gasteiger partial charge in [0.1, 0.15) is 16.0 Å². The molecule has 0 radical (unpaired) electrons. The minimum Gasteiger partial charge on any atom is -0.371 e. The van der Waals surface area contributed by atoms with Crippen LogP contribution in [-0.2, 0) is 9.47 Å². The van der Waals surface area contributed by atoms with Crippen LogP contribution in [0.2, 0.25) is 0 Å². The van der Waals surface area contributed by atoms with Crippen LogP contribution in [0.1, 0.15) is 0 Å². The van der Waals surface area contributed by atoms with Crippen molar-refractivity contribution < 1.29 is 23.7 Å². The molecule has 1 fully saturated rings. The first-order valence-corrected chi connectivity index (χ1v) is 3.64. The van der Waals surface area contributed by atoms with Crippen molar-refractivity contribution in [3.63, 3.8) is 0 Å². The van der Waals surface area contributed by atoms with Gasteiger partial charge in [0.2, 0.25) is 6.61 Å². The maximum atomic E-state index is 12.9. The van der Waals surface area contributed by atoms with Gasteiger partial charge in [0.15, 0.2) is 0 Å². The Bertz CT molecular complexity index is 241. The van der Waals surface area contributed by atoms with E-state index >= 15 is 0 Å². The fourth-order valence-corrected chi connectivity index (χ4v) is 0.657. The number of nitrogens with zero attached hydrogens (tertiary/aromatic N) is 2. The van der Waals surface area contributed by atoms with E-state index in [0.717, 1.165) is 0 Å². The molecule has 0 aromatic heterocycles. The first-order valence-electron chi connectivity index (χ1n) is 3.64. The third-order valence-corrected chi connectivity index (χ3v) is 1.55. The average Bonchev–Trinajstić information content (AvgIpc) is 2.87. The molecule has 0 aromatic carbocycles. The van der Waals surface area contributed by atoms with E-state index in [1.165, 1.54) is 0 Å². The molecular weight excluding hydrogens is 203 g/mol. The summed E-state index contributed by atoms with van der Waals surface area (Å²) in [6, 6.07) is 0. The minimum atomic E-state index is -3.77. The van der Waals surface area contributed by atoms with Crippen LogP contribution in [0.4, 0.5) is 4.39 Å². The quantitative estimate of drug-likeness (QED) is 0.193. The Morgan fingerprint density at radius 2 is 2.00 bits per heavy atom. The molecule has 0 spiro atoms. The van der Waals surface area contributed by atoms with Crippen LogP contribution in [-0.4, -0.2) is 41.7 Å². The molecule has 1 aliphatic rings. The zero-order valence-corrected chi connectivity index (χ0v) is 6.92. The zero-order valence-electron chi connectivity index (χ0n) is 6.92. The second-order valence-electron chi connectivity index (χ2n) is 2.70. The summed E-state index contributed by atoms with van der Waals surface area (Å²) in [5.74, 6) is -3.77. The van der Waals surface area contributed by atoms with Crippen molar-refractivity contribution in [3.05, 3.63) is 20.2 Å². The van der Waals surface area contributed by atoms with Crippen LogP contribution in [0.15, 0.2) is 0 Å². The molecule has 1 rings (SSSR count). The van der Waals surface area contributed by atoms with Gasteiger partial charge in [0, 0.05) is 0 Å². The Balaban J connectivity index is 2.41. The van der Waals surface area contributed by atoms with Gasteiger partial charge in [-0.2, -0.15) is 0 Å². The van der Waals surface area contributed by atoms with E-state index in [1.54, 1.807) is 0 Å². The Morgan fingerprint density at radius 3 is 2.36 bits per heavy atom. The normalized spacial score (nSPS) is 20.5. The minimum absolute atomic E-state index is 0.0760. The highest BCUT2D eigenvalue weighted by atomic mass is 19.2. The summed E-state index contributed by atoms with van der Waals surface area (Å²) in [6.07, 6.45) is -0.224. The first-order chi connectivity index (χ1) is 6.47. The molecule has 9 heteroatoms. The van der Waals surface area contributed by atoms with Crippen molar-refractivity contribution in [1.82, 2.24) is 0 Å². The second kappa shape index (κ2) is 3.80. The van der Waals surface area contributed by atoms with Gasteiger partial charge in [0.25, 0.3) is 0 Å². The summed E-state index contributed by atoms with van der Waals surface area (Å²) >= 11 is 0. The second-order valence-corrected chi connectivity index (χ2v) is 2.70. The van der Waals surface area contributed by atoms with Crippen molar-refractivity contribution >= 4 is 0 Å². The molecule has 1 atom stereocenters. The summed E-state index contributed by atoms with van der Waals surface area (Å²) in [7, 11) is 0. The highest BCUT2D eigenvalue weighted by molar-refractivity contribution is 4.67. The van der Waals surface area contributed by atoms with Crippen LogP contribution < -0.4 is 0 Å². The third-order valence-electron chi connectivity index (χ3n) is 1.55. The Morgan fingerprint density at radius 1 is 1.50 bits per heavy atom. The highest BCUT2D eigenvalue weighted by Crippen LogP contribution is 2.15. The number of halogens is 1. The van der Waals surface area contributed by atoms with Gasteiger partial charge in [-0.15, -0.1) is 0 Å². The monoisotopic (exact) mass is 210 g/mol. The van der Waals surface area contributed by atoms with Gasteiger partial charge in [-0.1, -0.05) is 4.39 Å². The maximum Gasteiger partial charge on any atom is 0.637 e. The molecular formula is C5H7FN2O6. The van der Waals surface area contributed by atoms with E-state index < -0.39 is 22.4 Å². The Hall–Kier alpha value is -1.35. The number of ether oxygens (including phenoxy) is 2. The topological polar surface area (TPSA) is 108 Å². The van der Waals surface area contributed by atoms with Gasteiger partial charge < -0.3 is 9.47 Å². The predicted molar refractivity (Wildman–Crippen MR) is 38.4 cm³/mol. The molecule has 8 nitrogen and oxygen atoms in total. The number of hydrogen-bond acceptors (Lipinski definition) is 6. The van der Waals surface area contributed by atoms with E-state index in [4.69, 9.17) is 0 Å². The SMILES string of the molecule is O=[N+]([O-])C(F)(COCC1CO1)[N+](=O)[O-]. The molecule has 0 N–H and O–H groups in total. The van der Waals surface area contributed by atoms with Gasteiger partial charge in [0.05, 0.1) is 13.2 Å². The molecule has 1 saturated heterocycles. The number of alkyl halides is 1. The number of rotatable bonds is 6. The molecule has 0 saturated carbocycles. The third kappa shape index (κ3) is 2.33. The van der Waals surface area contributed by atoms with Crippen LogP contribution >= 0.6 is 0 Å². The van der Waals surface area contributed by atoms with E-state index in [-0.39, 0.29) is 12.7 Å². The van der Waals surface area contributed by atoms with Gasteiger partial charge >= 0.3 is 5.92 Å². The van der Waals surface area contributed by atoms with E-state index in [0.29, 0.717) is 6.61 Å². The zero-order chi connectivity index (χ0) is 10.8. The summed E-state index contributed by atoms with van der Waals surface area (Å²) in [5.41, 5.74) is 0. The predicted octanol–water partition coefficient (Wildman–Crippen LogP) is -0.421. The molecule has 0 aromatic rings. The Labute approximate surface area is 76.9 Å². The Kier molecular flexibility index (Phi) is 2.91. The fraction of sp³-hybridized carbons (Fsp3) is 1.00. The molecule has 0 bridgehead atoms. The van der Waals surface area contributed by atoms with Crippen molar-refractivity contribution in [2.75, 3.05) is 19.8 Å². The first kappa shape index (κ1) is 10.7. The largest absolute Gasteiger partial charge is 0.637 e. The molecule has 0 amide bonds. The molecule has 1 unspecified atom stereocenters. The number of epoxide rings is 1.